The Morgan fingerprint density at radius 2 is 2.00 bits per heavy atom. The predicted octanol–water partition coefficient (Wildman–Crippen LogP) is 1.78. The van der Waals surface area contributed by atoms with Gasteiger partial charge in [-0.3, -0.25) is 4.79 Å². The molecule has 0 aromatic carbocycles. The molecule has 0 radical (unpaired) electrons. The zero-order chi connectivity index (χ0) is 13.5. The summed E-state index contributed by atoms with van der Waals surface area (Å²) in [5, 5.41) is 0. The van der Waals surface area contributed by atoms with Gasteiger partial charge >= 0.3 is 0 Å². The molecule has 1 rings (SSSR count). The largest absolute Gasteiger partial charge is 0.369 e. The number of nitrogens with zero attached hydrogens (tertiary/aromatic N) is 1. The van der Waals surface area contributed by atoms with Gasteiger partial charge in [-0.1, -0.05) is 13.3 Å². The number of amides is 1. The fourth-order valence-corrected chi connectivity index (χ4v) is 2.38. The molecular formula is C14H28N2O2. The highest BCUT2D eigenvalue weighted by Gasteiger charge is 2.27. The zero-order valence-electron chi connectivity index (χ0n) is 12.0. The molecule has 0 aromatic rings. The topological polar surface area (TPSA) is 55.6 Å². The van der Waals surface area contributed by atoms with Crippen molar-refractivity contribution in [3.8, 4) is 0 Å². The Hall–Kier alpha value is -0.610. The van der Waals surface area contributed by atoms with E-state index in [9.17, 15) is 4.79 Å². The highest BCUT2D eigenvalue weighted by molar-refractivity contribution is 5.80. The number of piperidine rings is 1. The summed E-state index contributed by atoms with van der Waals surface area (Å²) in [6, 6.07) is 0.237. The lowest BCUT2D eigenvalue weighted by atomic mass is 9.91. The van der Waals surface area contributed by atoms with Crippen LogP contribution in [0.2, 0.25) is 0 Å². The fourth-order valence-electron chi connectivity index (χ4n) is 2.38. The number of carbonyl (C=O) groups is 1. The minimum Gasteiger partial charge on any atom is -0.369 e. The molecule has 0 bridgehead atoms. The predicted molar refractivity (Wildman–Crippen MR) is 73.3 cm³/mol. The first-order valence-corrected chi connectivity index (χ1v) is 7.22. The van der Waals surface area contributed by atoms with Crippen molar-refractivity contribution in [1.82, 2.24) is 4.90 Å². The molecule has 2 atom stereocenters. The van der Waals surface area contributed by atoms with Gasteiger partial charge in [-0.15, -0.1) is 0 Å². The molecule has 2 unspecified atom stereocenters. The van der Waals surface area contributed by atoms with Crippen molar-refractivity contribution in [1.29, 1.82) is 0 Å². The van der Waals surface area contributed by atoms with E-state index in [0.717, 1.165) is 38.8 Å². The number of likely N-dealkylation sites (tertiary alicyclic amines) is 1. The molecule has 0 spiro atoms. The number of rotatable bonds is 6. The second-order valence-corrected chi connectivity index (χ2v) is 5.39. The number of carbonyl (C=O) groups excluding carboxylic acids is 1. The van der Waals surface area contributed by atoms with E-state index in [0.29, 0.717) is 12.5 Å². The normalized spacial score (nSPS) is 20.8. The molecule has 106 valence electrons. The summed E-state index contributed by atoms with van der Waals surface area (Å²) in [4.78, 5) is 14.1. The molecule has 1 saturated heterocycles. The van der Waals surface area contributed by atoms with Crippen LogP contribution in [0.25, 0.3) is 0 Å². The second kappa shape index (κ2) is 7.74. The van der Waals surface area contributed by atoms with E-state index in [1.807, 2.05) is 11.8 Å². The SMILES string of the molecule is CCCCOC(C)C(=O)N1CCC(C(C)N)CC1. The Balaban J connectivity index is 2.30. The van der Waals surface area contributed by atoms with Gasteiger partial charge in [0.05, 0.1) is 0 Å². The number of unbranched alkanes of at least 4 members (excludes halogenated alkanes) is 1. The molecule has 1 aliphatic rings. The van der Waals surface area contributed by atoms with Crippen LogP contribution in [0.3, 0.4) is 0 Å². The Labute approximate surface area is 111 Å². The first-order valence-electron chi connectivity index (χ1n) is 7.22. The van der Waals surface area contributed by atoms with Gasteiger partial charge in [0, 0.05) is 25.7 Å². The summed E-state index contributed by atoms with van der Waals surface area (Å²) < 4.78 is 5.56. The van der Waals surface area contributed by atoms with E-state index >= 15 is 0 Å². The lowest BCUT2D eigenvalue weighted by Crippen LogP contribution is -2.46. The Kier molecular flexibility index (Phi) is 6.65. The maximum Gasteiger partial charge on any atom is 0.251 e. The van der Waals surface area contributed by atoms with Crippen LogP contribution >= 0.6 is 0 Å². The summed E-state index contributed by atoms with van der Waals surface area (Å²) in [7, 11) is 0. The number of hydrogen-bond donors (Lipinski definition) is 1. The quantitative estimate of drug-likeness (QED) is 0.737. The molecule has 1 heterocycles. The van der Waals surface area contributed by atoms with Crippen LogP contribution < -0.4 is 5.73 Å². The summed E-state index contributed by atoms with van der Waals surface area (Å²) in [6.07, 6.45) is 3.85. The van der Waals surface area contributed by atoms with Gasteiger partial charge in [-0.2, -0.15) is 0 Å². The molecule has 0 aromatic heterocycles. The van der Waals surface area contributed by atoms with Crippen molar-refractivity contribution in [2.24, 2.45) is 11.7 Å². The van der Waals surface area contributed by atoms with Gasteiger partial charge in [0.1, 0.15) is 6.10 Å². The maximum absolute atomic E-state index is 12.1. The third kappa shape index (κ3) is 4.58. The average Bonchev–Trinajstić information content (AvgIpc) is 2.38. The van der Waals surface area contributed by atoms with Gasteiger partial charge in [0.2, 0.25) is 0 Å². The van der Waals surface area contributed by atoms with Crippen LogP contribution in [0.15, 0.2) is 0 Å². The Morgan fingerprint density at radius 1 is 1.39 bits per heavy atom. The van der Waals surface area contributed by atoms with Gasteiger partial charge < -0.3 is 15.4 Å². The van der Waals surface area contributed by atoms with Crippen LogP contribution in [-0.2, 0) is 9.53 Å². The van der Waals surface area contributed by atoms with E-state index in [1.54, 1.807) is 0 Å². The van der Waals surface area contributed by atoms with Gasteiger partial charge in [-0.05, 0) is 39.0 Å². The smallest absolute Gasteiger partial charge is 0.251 e. The highest BCUT2D eigenvalue weighted by Crippen LogP contribution is 2.20. The second-order valence-electron chi connectivity index (χ2n) is 5.39. The van der Waals surface area contributed by atoms with Crippen molar-refractivity contribution in [3.63, 3.8) is 0 Å². The fraction of sp³-hybridized carbons (Fsp3) is 0.929. The summed E-state index contributed by atoms with van der Waals surface area (Å²) >= 11 is 0. The highest BCUT2D eigenvalue weighted by atomic mass is 16.5. The summed E-state index contributed by atoms with van der Waals surface area (Å²) in [5.74, 6) is 0.694. The van der Waals surface area contributed by atoms with Crippen LogP contribution in [0.1, 0.15) is 46.5 Å². The molecule has 18 heavy (non-hydrogen) atoms. The number of ether oxygens (including phenoxy) is 1. The van der Waals surface area contributed by atoms with Gasteiger partial charge in [-0.25, -0.2) is 0 Å². The van der Waals surface area contributed by atoms with E-state index in [1.165, 1.54) is 0 Å². The first-order chi connectivity index (χ1) is 8.56. The summed E-state index contributed by atoms with van der Waals surface area (Å²) in [5.41, 5.74) is 5.90. The molecule has 1 amide bonds. The van der Waals surface area contributed by atoms with Crippen molar-refractivity contribution in [2.75, 3.05) is 19.7 Å². The third-order valence-electron chi connectivity index (χ3n) is 3.81. The molecule has 0 aliphatic carbocycles. The van der Waals surface area contributed by atoms with Crippen molar-refractivity contribution in [3.05, 3.63) is 0 Å². The number of nitrogens with two attached hydrogens (primary N) is 1. The molecule has 4 heteroatoms. The molecular weight excluding hydrogens is 228 g/mol. The zero-order valence-corrected chi connectivity index (χ0v) is 12.0. The lowest BCUT2D eigenvalue weighted by molar-refractivity contribution is -0.144. The molecule has 1 aliphatic heterocycles. The van der Waals surface area contributed by atoms with Crippen LogP contribution in [0, 0.1) is 5.92 Å². The van der Waals surface area contributed by atoms with E-state index in [2.05, 4.69) is 13.8 Å². The molecule has 2 N–H and O–H groups in total. The standard InChI is InChI=1S/C14H28N2O2/c1-4-5-10-18-12(3)14(17)16-8-6-13(7-9-16)11(2)15/h11-13H,4-10,15H2,1-3H3. The number of hydrogen-bond acceptors (Lipinski definition) is 3. The van der Waals surface area contributed by atoms with Crippen LogP contribution in [0.5, 0.6) is 0 Å². The molecule has 4 nitrogen and oxygen atoms in total. The van der Waals surface area contributed by atoms with Crippen LogP contribution in [0.4, 0.5) is 0 Å². The van der Waals surface area contributed by atoms with Gasteiger partial charge in [0.15, 0.2) is 0 Å². The van der Waals surface area contributed by atoms with Crippen LogP contribution in [-0.4, -0.2) is 42.6 Å². The summed E-state index contributed by atoms with van der Waals surface area (Å²) in [6.45, 7) is 8.36. The van der Waals surface area contributed by atoms with Gasteiger partial charge in [0.25, 0.3) is 5.91 Å². The maximum atomic E-state index is 12.1. The third-order valence-corrected chi connectivity index (χ3v) is 3.81. The Morgan fingerprint density at radius 3 is 2.50 bits per heavy atom. The Bertz CT molecular complexity index is 248. The average molecular weight is 256 g/mol. The molecule has 0 saturated carbocycles. The minimum atomic E-state index is -0.302. The van der Waals surface area contributed by atoms with Crippen molar-refractivity contribution in [2.45, 2.75) is 58.6 Å². The van der Waals surface area contributed by atoms with Crippen molar-refractivity contribution < 1.29 is 9.53 Å². The monoisotopic (exact) mass is 256 g/mol. The van der Waals surface area contributed by atoms with E-state index in [-0.39, 0.29) is 18.1 Å². The van der Waals surface area contributed by atoms with Crippen molar-refractivity contribution >= 4 is 5.91 Å². The minimum absolute atomic E-state index is 0.134. The first kappa shape index (κ1) is 15.4. The lowest BCUT2D eigenvalue weighted by Gasteiger charge is -2.35. The van der Waals surface area contributed by atoms with E-state index in [4.69, 9.17) is 10.5 Å². The molecule has 1 fully saturated rings. The van der Waals surface area contributed by atoms with E-state index < -0.39 is 0 Å².